The van der Waals surface area contributed by atoms with Crippen molar-refractivity contribution in [2.24, 2.45) is 0 Å². The zero-order chi connectivity index (χ0) is 18.2. The van der Waals surface area contributed by atoms with Crippen LogP contribution in [0.3, 0.4) is 0 Å². The molecule has 0 saturated carbocycles. The lowest BCUT2D eigenvalue weighted by atomic mass is 10.0. The highest BCUT2D eigenvalue weighted by Crippen LogP contribution is 2.39. The van der Waals surface area contributed by atoms with Gasteiger partial charge < -0.3 is 15.4 Å². The molecule has 25 heavy (non-hydrogen) atoms. The summed E-state index contributed by atoms with van der Waals surface area (Å²) in [5, 5.41) is 7.60. The van der Waals surface area contributed by atoms with Crippen molar-refractivity contribution in [2.75, 3.05) is 25.0 Å². The third kappa shape index (κ3) is 5.04. The van der Waals surface area contributed by atoms with E-state index in [0.717, 1.165) is 18.5 Å². The molecule has 0 unspecified atom stereocenters. The maximum atomic E-state index is 12.5. The molecule has 0 spiro atoms. The Labute approximate surface area is 156 Å². The standard InChI is InChI=1S/C18H21ClN2O3S/c1-3-9-20-10-15(22)21-17-16(18(23)24-4-2)13(11-25-17)12-7-5-6-8-14(12)19/h5-8,11,20H,3-4,9-10H2,1-2H3,(H,21,22)/p+1. The van der Waals surface area contributed by atoms with Crippen molar-refractivity contribution in [1.82, 2.24) is 0 Å². The molecule has 5 nitrogen and oxygen atoms in total. The van der Waals surface area contributed by atoms with Gasteiger partial charge in [0.05, 0.1) is 13.2 Å². The molecule has 0 atom stereocenters. The molecule has 1 aromatic carbocycles. The second-order valence-corrected chi connectivity index (χ2v) is 6.67. The number of nitrogens with one attached hydrogen (secondary N) is 1. The van der Waals surface area contributed by atoms with E-state index < -0.39 is 5.97 Å². The fourth-order valence-corrected chi connectivity index (χ4v) is 3.55. The minimum Gasteiger partial charge on any atom is -0.462 e. The van der Waals surface area contributed by atoms with E-state index in [2.05, 4.69) is 12.2 Å². The van der Waals surface area contributed by atoms with Gasteiger partial charge in [-0.25, -0.2) is 4.79 Å². The molecule has 0 bridgehead atoms. The number of hydrogen-bond acceptors (Lipinski definition) is 4. The first-order chi connectivity index (χ1) is 12.1. The van der Waals surface area contributed by atoms with Gasteiger partial charge in [0.25, 0.3) is 5.91 Å². The molecule has 0 aliphatic rings. The first-order valence-electron chi connectivity index (χ1n) is 8.23. The minimum atomic E-state index is -0.466. The summed E-state index contributed by atoms with van der Waals surface area (Å²) in [5.74, 6) is -0.613. The number of esters is 1. The van der Waals surface area contributed by atoms with Crippen LogP contribution in [0.2, 0.25) is 5.02 Å². The average Bonchev–Trinajstić information content (AvgIpc) is 2.99. The number of quaternary nitrogens is 1. The summed E-state index contributed by atoms with van der Waals surface area (Å²) in [6, 6.07) is 7.29. The van der Waals surface area contributed by atoms with Crippen LogP contribution in [0.15, 0.2) is 29.6 Å². The maximum absolute atomic E-state index is 12.5. The van der Waals surface area contributed by atoms with Gasteiger partial charge in [-0.2, -0.15) is 0 Å². The summed E-state index contributed by atoms with van der Waals surface area (Å²) in [6.07, 6.45) is 0.997. The normalized spacial score (nSPS) is 10.5. The lowest BCUT2D eigenvalue weighted by molar-refractivity contribution is -0.643. The predicted octanol–water partition coefficient (Wildman–Crippen LogP) is 3.16. The molecule has 0 radical (unpaired) electrons. The Morgan fingerprint density at radius 3 is 2.68 bits per heavy atom. The third-order valence-corrected chi connectivity index (χ3v) is 4.74. The van der Waals surface area contributed by atoms with Crippen LogP contribution in [0.4, 0.5) is 5.00 Å². The SMILES string of the molecule is CCC[NH2+]CC(=O)Nc1scc(-c2ccccc2Cl)c1C(=O)OCC. The van der Waals surface area contributed by atoms with Crippen LogP contribution in [-0.4, -0.2) is 31.6 Å². The van der Waals surface area contributed by atoms with Gasteiger partial charge in [-0.3, -0.25) is 4.79 Å². The third-order valence-electron chi connectivity index (χ3n) is 3.51. The summed E-state index contributed by atoms with van der Waals surface area (Å²) in [5.41, 5.74) is 1.76. The van der Waals surface area contributed by atoms with Crippen LogP contribution >= 0.6 is 22.9 Å². The number of halogens is 1. The number of anilines is 1. The number of ether oxygens (including phenoxy) is 1. The van der Waals surface area contributed by atoms with E-state index in [9.17, 15) is 9.59 Å². The Balaban J connectivity index is 2.33. The number of amides is 1. The highest BCUT2D eigenvalue weighted by atomic mass is 35.5. The van der Waals surface area contributed by atoms with Crippen molar-refractivity contribution in [1.29, 1.82) is 0 Å². The van der Waals surface area contributed by atoms with Gasteiger partial charge >= 0.3 is 5.97 Å². The predicted molar refractivity (Wildman–Crippen MR) is 101 cm³/mol. The fraction of sp³-hybridized carbons (Fsp3) is 0.333. The number of nitrogens with two attached hydrogens (primary N) is 1. The van der Waals surface area contributed by atoms with Crippen LogP contribution in [0.1, 0.15) is 30.6 Å². The number of hydrogen-bond donors (Lipinski definition) is 2. The van der Waals surface area contributed by atoms with Gasteiger partial charge in [0.2, 0.25) is 0 Å². The molecule has 3 N–H and O–H groups in total. The molecule has 0 saturated heterocycles. The maximum Gasteiger partial charge on any atom is 0.341 e. The summed E-state index contributed by atoms with van der Waals surface area (Å²) in [7, 11) is 0. The molecular weight excluding hydrogens is 360 g/mol. The van der Waals surface area contributed by atoms with Gasteiger partial charge in [0, 0.05) is 21.5 Å². The molecule has 2 rings (SSSR count). The Morgan fingerprint density at radius 2 is 2.00 bits per heavy atom. The van der Waals surface area contributed by atoms with E-state index in [-0.39, 0.29) is 12.5 Å². The van der Waals surface area contributed by atoms with Crippen molar-refractivity contribution in [3.05, 3.63) is 40.2 Å². The highest BCUT2D eigenvalue weighted by Gasteiger charge is 2.24. The Bertz CT molecular complexity index is 746. The van der Waals surface area contributed by atoms with Crippen molar-refractivity contribution in [3.63, 3.8) is 0 Å². The monoisotopic (exact) mass is 381 g/mol. The molecule has 134 valence electrons. The van der Waals surface area contributed by atoms with E-state index in [1.54, 1.807) is 13.0 Å². The first-order valence-corrected chi connectivity index (χ1v) is 9.49. The van der Waals surface area contributed by atoms with Crippen LogP contribution < -0.4 is 10.6 Å². The number of thiophene rings is 1. The lowest BCUT2D eigenvalue weighted by Gasteiger charge is -2.09. The van der Waals surface area contributed by atoms with Crippen LogP contribution in [0, 0.1) is 0 Å². The fourth-order valence-electron chi connectivity index (χ4n) is 2.35. The summed E-state index contributed by atoms with van der Waals surface area (Å²) in [6.45, 7) is 5.26. The molecule has 0 fully saturated rings. The molecule has 0 aliphatic heterocycles. The quantitative estimate of drug-likeness (QED) is 0.545. The van der Waals surface area contributed by atoms with E-state index in [4.69, 9.17) is 16.3 Å². The zero-order valence-corrected chi connectivity index (χ0v) is 15.9. The average molecular weight is 382 g/mol. The van der Waals surface area contributed by atoms with Crippen LogP contribution in [0.5, 0.6) is 0 Å². The minimum absolute atomic E-state index is 0.147. The second-order valence-electron chi connectivity index (χ2n) is 5.38. The Hall–Kier alpha value is -1.89. The van der Waals surface area contributed by atoms with E-state index in [0.29, 0.717) is 27.7 Å². The molecule has 7 heteroatoms. The topological polar surface area (TPSA) is 72.0 Å². The summed E-state index contributed by atoms with van der Waals surface area (Å²) >= 11 is 7.57. The number of carbonyl (C=O) groups excluding carboxylic acids is 2. The number of carbonyl (C=O) groups is 2. The van der Waals surface area contributed by atoms with Gasteiger partial charge in [0.1, 0.15) is 10.6 Å². The van der Waals surface area contributed by atoms with Crippen LogP contribution in [0.25, 0.3) is 11.1 Å². The lowest BCUT2D eigenvalue weighted by Crippen LogP contribution is -2.86. The molecule has 2 aromatic rings. The Morgan fingerprint density at radius 1 is 1.24 bits per heavy atom. The van der Waals surface area contributed by atoms with Crippen molar-refractivity contribution >= 4 is 39.8 Å². The van der Waals surface area contributed by atoms with Crippen molar-refractivity contribution < 1.29 is 19.6 Å². The van der Waals surface area contributed by atoms with Crippen molar-refractivity contribution in [3.8, 4) is 11.1 Å². The largest absolute Gasteiger partial charge is 0.462 e. The van der Waals surface area contributed by atoms with Gasteiger partial charge in [0.15, 0.2) is 6.54 Å². The number of benzene rings is 1. The molecular formula is C18H22ClN2O3S+. The summed E-state index contributed by atoms with van der Waals surface area (Å²) in [4.78, 5) is 24.6. The highest BCUT2D eigenvalue weighted by molar-refractivity contribution is 7.15. The number of rotatable bonds is 8. The van der Waals surface area contributed by atoms with Gasteiger partial charge in [-0.1, -0.05) is 36.7 Å². The summed E-state index contributed by atoms with van der Waals surface area (Å²) < 4.78 is 5.17. The van der Waals surface area contributed by atoms with Gasteiger partial charge in [-0.05, 0) is 19.4 Å². The molecule has 1 aromatic heterocycles. The van der Waals surface area contributed by atoms with E-state index in [1.807, 2.05) is 28.9 Å². The molecule has 1 heterocycles. The smallest absolute Gasteiger partial charge is 0.341 e. The van der Waals surface area contributed by atoms with Crippen molar-refractivity contribution in [2.45, 2.75) is 20.3 Å². The van der Waals surface area contributed by atoms with E-state index >= 15 is 0 Å². The Kier molecular flexibility index (Phi) is 7.43. The zero-order valence-electron chi connectivity index (χ0n) is 14.3. The molecule has 1 amide bonds. The van der Waals surface area contributed by atoms with Crippen LogP contribution in [-0.2, 0) is 9.53 Å². The molecule has 0 aliphatic carbocycles. The second kappa shape index (κ2) is 9.56. The van der Waals surface area contributed by atoms with E-state index in [1.165, 1.54) is 11.3 Å². The first kappa shape index (κ1) is 19.4. The van der Waals surface area contributed by atoms with Gasteiger partial charge in [-0.15, -0.1) is 11.3 Å².